The molecule has 0 atom stereocenters. The van der Waals surface area contributed by atoms with Crippen molar-refractivity contribution in [1.29, 1.82) is 0 Å². The van der Waals surface area contributed by atoms with Gasteiger partial charge in [0.25, 0.3) is 0 Å². The first-order valence-corrected chi connectivity index (χ1v) is 7.09. The van der Waals surface area contributed by atoms with E-state index in [1.165, 1.54) is 12.0 Å². The van der Waals surface area contributed by atoms with Gasteiger partial charge in [0.1, 0.15) is 0 Å². The lowest BCUT2D eigenvalue weighted by Crippen LogP contribution is -2.06. The predicted octanol–water partition coefficient (Wildman–Crippen LogP) is 4.68. The van der Waals surface area contributed by atoms with E-state index < -0.39 is 0 Å². The van der Waals surface area contributed by atoms with Crippen LogP contribution in [0.4, 0.5) is 0 Å². The fourth-order valence-electron chi connectivity index (χ4n) is 1.93. The number of carbonyl (C=O) groups is 1. The zero-order chi connectivity index (χ0) is 14.1. The van der Waals surface area contributed by atoms with Crippen molar-refractivity contribution in [2.45, 2.75) is 46.5 Å². The Labute approximate surface area is 116 Å². The number of aryl methyl sites for hydroxylation is 1. The van der Waals surface area contributed by atoms with Gasteiger partial charge in [0.15, 0.2) is 0 Å². The van der Waals surface area contributed by atoms with Gasteiger partial charge in [0, 0.05) is 0 Å². The third-order valence-corrected chi connectivity index (χ3v) is 3.10. The van der Waals surface area contributed by atoms with Crippen molar-refractivity contribution in [2.75, 3.05) is 6.61 Å². The minimum absolute atomic E-state index is 0.234. The van der Waals surface area contributed by atoms with Crippen molar-refractivity contribution < 1.29 is 9.53 Å². The van der Waals surface area contributed by atoms with Crippen molar-refractivity contribution in [3.8, 4) is 0 Å². The van der Waals surface area contributed by atoms with Crippen LogP contribution in [0.5, 0.6) is 0 Å². The summed E-state index contributed by atoms with van der Waals surface area (Å²) in [6.45, 7) is 6.81. The summed E-state index contributed by atoms with van der Waals surface area (Å²) < 4.78 is 5.26. The number of allylic oxidation sites excluding steroid dienone is 1. The molecule has 0 fully saturated rings. The van der Waals surface area contributed by atoms with E-state index in [1.54, 1.807) is 0 Å². The highest BCUT2D eigenvalue weighted by atomic mass is 16.5. The van der Waals surface area contributed by atoms with E-state index in [1.807, 2.05) is 31.2 Å². The van der Waals surface area contributed by atoms with Crippen molar-refractivity contribution in [3.05, 3.63) is 47.0 Å². The second-order valence-corrected chi connectivity index (χ2v) is 4.76. The van der Waals surface area contributed by atoms with Gasteiger partial charge in [-0.2, -0.15) is 0 Å². The van der Waals surface area contributed by atoms with Gasteiger partial charge in [-0.15, -0.1) is 0 Å². The molecule has 1 rings (SSSR count). The van der Waals surface area contributed by atoms with Crippen molar-refractivity contribution in [3.63, 3.8) is 0 Å². The maximum absolute atomic E-state index is 11.8. The second-order valence-electron chi connectivity index (χ2n) is 4.76. The van der Waals surface area contributed by atoms with Crippen LogP contribution in [0.15, 0.2) is 35.9 Å². The molecule has 19 heavy (non-hydrogen) atoms. The Morgan fingerprint density at radius 3 is 2.47 bits per heavy atom. The molecule has 0 aliphatic rings. The Morgan fingerprint density at radius 2 is 1.89 bits per heavy atom. The van der Waals surface area contributed by atoms with Gasteiger partial charge in [-0.1, -0.05) is 49.6 Å². The summed E-state index contributed by atoms with van der Waals surface area (Å²) in [6.07, 6.45) is 6.40. The molecule has 0 radical (unpaired) electrons. The molecule has 0 saturated carbocycles. The van der Waals surface area contributed by atoms with Crippen LogP contribution < -0.4 is 0 Å². The molecule has 0 saturated heterocycles. The lowest BCUT2D eigenvalue weighted by atomic mass is 10.1. The van der Waals surface area contributed by atoms with Gasteiger partial charge < -0.3 is 4.74 Å². The monoisotopic (exact) mass is 260 g/mol. The fraction of sp³-hybridized carbons (Fsp3) is 0.471. The summed E-state index contributed by atoms with van der Waals surface area (Å²) in [4.78, 5) is 11.8. The van der Waals surface area contributed by atoms with Crippen molar-refractivity contribution in [1.82, 2.24) is 0 Å². The molecule has 0 aromatic heterocycles. The van der Waals surface area contributed by atoms with E-state index in [0.717, 1.165) is 24.8 Å². The van der Waals surface area contributed by atoms with E-state index in [0.29, 0.717) is 12.2 Å². The van der Waals surface area contributed by atoms with Crippen LogP contribution in [0, 0.1) is 6.92 Å². The SMILES string of the molecule is CCC/C(=C/CCOC(=O)c1ccc(C)cc1)CC. The molecule has 104 valence electrons. The summed E-state index contributed by atoms with van der Waals surface area (Å²) in [7, 11) is 0. The van der Waals surface area contributed by atoms with E-state index in [9.17, 15) is 4.79 Å². The van der Waals surface area contributed by atoms with Gasteiger partial charge in [-0.3, -0.25) is 0 Å². The quantitative estimate of drug-likeness (QED) is 0.404. The molecular weight excluding hydrogens is 236 g/mol. The molecule has 0 spiro atoms. The predicted molar refractivity (Wildman–Crippen MR) is 79.4 cm³/mol. The Bertz CT molecular complexity index is 415. The minimum Gasteiger partial charge on any atom is -0.462 e. The first-order valence-electron chi connectivity index (χ1n) is 7.09. The third-order valence-electron chi connectivity index (χ3n) is 3.10. The highest BCUT2D eigenvalue weighted by molar-refractivity contribution is 5.89. The molecule has 0 N–H and O–H groups in total. The van der Waals surface area contributed by atoms with Crippen LogP contribution in [0.1, 0.15) is 55.5 Å². The number of carbonyl (C=O) groups excluding carboxylic acids is 1. The van der Waals surface area contributed by atoms with Crippen LogP contribution in [0.2, 0.25) is 0 Å². The van der Waals surface area contributed by atoms with Crippen LogP contribution in [-0.2, 0) is 4.74 Å². The number of ether oxygens (including phenoxy) is 1. The Kier molecular flexibility index (Phi) is 6.94. The Balaban J connectivity index is 2.36. The smallest absolute Gasteiger partial charge is 0.338 e. The Hall–Kier alpha value is -1.57. The molecule has 0 bridgehead atoms. The largest absolute Gasteiger partial charge is 0.462 e. The molecule has 1 aromatic rings. The molecule has 2 heteroatoms. The molecule has 0 aliphatic carbocycles. The molecular formula is C17H24O2. The molecule has 1 aromatic carbocycles. The van der Waals surface area contributed by atoms with Gasteiger partial charge in [0.05, 0.1) is 12.2 Å². The van der Waals surface area contributed by atoms with E-state index >= 15 is 0 Å². The number of benzene rings is 1. The van der Waals surface area contributed by atoms with Crippen molar-refractivity contribution in [2.24, 2.45) is 0 Å². The second kappa shape index (κ2) is 8.52. The summed E-state index contributed by atoms with van der Waals surface area (Å²) >= 11 is 0. The van der Waals surface area contributed by atoms with Crippen LogP contribution in [0.3, 0.4) is 0 Å². The number of hydrogen-bond acceptors (Lipinski definition) is 2. The lowest BCUT2D eigenvalue weighted by molar-refractivity contribution is 0.0511. The van der Waals surface area contributed by atoms with Crippen LogP contribution >= 0.6 is 0 Å². The number of hydrogen-bond donors (Lipinski definition) is 0. The van der Waals surface area contributed by atoms with Gasteiger partial charge in [0.2, 0.25) is 0 Å². The summed E-state index contributed by atoms with van der Waals surface area (Å²) in [5.74, 6) is -0.234. The minimum atomic E-state index is -0.234. The molecule has 0 aliphatic heterocycles. The third kappa shape index (κ3) is 5.73. The Morgan fingerprint density at radius 1 is 1.21 bits per heavy atom. The maximum Gasteiger partial charge on any atom is 0.338 e. The van der Waals surface area contributed by atoms with E-state index in [2.05, 4.69) is 19.9 Å². The van der Waals surface area contributed by atoms with Gasteiger partial charge in [-0.05, 0) is 38.3 Å². The summed E-state index contributed by atoms with van der Waals surface area (Å²) in [6, 6.07) is 7.46. The summed E-state index contributed by atoms with van der Waals surface area (Å²) in [5.41, 5.74) is 3.22. The zero-order valence-electron chi connectivity index (χ0n) is 12.2. The molecule has 2 nitrogen and oxygen atoms in total. The molecule has 0 amide bonds. The van der Waals surface area contributed by atoms with Crippen LogP contribution in [0.25, 0.3) is 0 Å². The first kappa shape index (κ1) is 15.5. The number of rotatable bonds is 7. The maximum atomic E-state index is 11.8. The van der Waals surface area contributed by atoms with Gasteiger partial charge in [-0.25, -0.2) is 4.79 Å². The van der Waals surface area contributed by atoms with Crippen molar-refractivity contribution >= 4 is 5.97 Å². The number of esters is 1. The highest BCUT2D eigenvalue weighted by Gasteiger charge is 2.05. The van der Waals surface area contributed by atoms with Crippen LogP contribution in [-0.4, -0.2) is 12.6 Å². The topological polar surface area (TPSA) is 26.3 Å². The highest BCUT2D eigenvalue weighted by Crippen LogP contribution is 2.10. The normalized spacial score (nSPS) is 11.4. The average molecular weight is 260 g/mol. The first-order chi connectivity index (χ1) is 9.17. The fourth-order valence-corrected chi connectivity index (χ4v) is 1.93. The standard InChI is InChI=1S/C17H24O2/c1-4-7-15(5-2)8-6-13-19-17(18)16-11-9-14(3)10-12-16/h8-12H,4-7,13H2,1-3H3/b15-8+. The summed E-state index contributed by atoms with van der Waals surface area (Å²) in [5, 5.41) is 0. The molecule has 0 unspecified atom stereocenters. The van der Waals surface area contributed by atoms with E-state index in [4.69, 9.17) is 4.74 Å². The zero-order valence-corrected chi connectivity index (χ0v) is 12.2. The molecule has 0 heterocycles. The lowest BCUT2D eigenvalue weighted by Gasteiger charge is -2.05. The van der Waals surface area contributed by atoms with Gasteiger partial charge >= 0.3 is 5.97 Å². The van der Waals surface area contributed by atoms with E-state index in [-0.39, 0.29) is 5.97 Å². The average Bonchev–Trinajstić information content (AvgIpc) is 2.42.